The van der Waals surface area contributed by atoms with E-state index in [1.54, 1.807) is 0 Å². The molecule has 0 aliphatic carbocycles. The lowest BCUT2D eigenvalue weighted by Crippen LogP contribution is -1.76. The average molecular weight is 196 g/mol. The highest BCUT2D eigenvalue weighted by Gasteiger charge is 1.74. The number of hydrogen-bond acceptors (Lipinski definition) is 0. The van der Waals surface area contributed by atoms with Gasteiger partial charge in [-0.3, -0.25) is 0 Å². The van der Waals surface area contributed by atoms with Crippen LogP contribution in [0, 0.1) is 0 Å². The fourth-order valence-corrected chi connectivity index (χ4v) is 0.866. The van der Waals surface area contributed by atoms with Gasteiger partial charge in [-0.25, -0.2) is 0 Å². The average Bonchev–Trinajstić information content (AvgIpc) is 1.41. The Morgan fingerprint density at radius 3 is 1.43 bits per heavy atom. The molecule has 0 spiro atoms. The highest BCUT2D eigenvalue weighted by atomic mass is 79.9. The monoisotopic (exact) mass is 195 g/mol. The second-order valence-corrected chi connectivity index (χ2v) is 3.32. The van der Waals surface area contributed by atoms with Gasteiger partial charge in [0.05, 0.1) is 0 Å². The second-order valence-electron chi connectivity index (χ2n) is 1.11. The van der Waals surface area contributed by atoms with Crippen LogP contribution in [-0.2, 0) is 0 Å². The molecule has 1 radical (unpaired) electrons. The molecule has 0 aromatic heterocycles. The molecule has 0 nitrogen and oxygen atoms in total. The summed E-state index contributed by atoms with van der Waals surface area (Å²) in [6.45, 7) is 4.50. The minimum Gasteiger partial charge on any atom is -0.114 e. The van der Waals surface area contributed by atoms with Gasteiger partial charge in [0.25, 0.3) is 0 Å². The van der Waals surface area contributed by atoms with E-state index in [9.17, 15) is 0 Å². The third-order valence-electron chi connectivity index (χ3n) is 0.577. The Kier molecular flexibility index (Phi) is 35.4. The summed E-state index contributed by atoms with van der Waals surface area (Å²) in [5.74, 6) is 0. The van der Waals surface area contributed by atoms with Crippen LogP contribution in [0.4, 0.5) is 0 Å². The summed E-state index contributed by atoms with van der Waals surface area (Å²) in [5, 5.41) is 2.85. The van der Waals surface area contributed by atoms with E-state index >= 15 is 0 Å². The predicted octanol–water partition coefficient (Wildman–Crippen LogP) is 0.961. The number of halogens is 1. The van der Waals surface area contributed by atoms with Gasteiger partial charge < -0.3 is 0 Å². The normalized spacial score (nSPS) is 5.43. The number of rotatable bonds is 2. The van der Waals surface area contributed by atoms with Crippen molar-refractivity contribution in [2.24, 2.45) is 0 Å². The zero-order valence-corrected chi connectivity index (χ0v) is 7.27. The molecule has 7 heavy (non-hydrogen) atoms. The van der Waals surface area contributed by atoms with Crippen LogP contribution in [0.1, 0.15) is 13.8 Å². The topological polar surface area (TPSA) is 0 Å². The highest BCUT2D eigenvalue weighted by Crippen LogP contribution is 1.77. The molecule has 0 aliphatic rings. The first kappa shape index (κ1) is 15.8. The van der Waals surface area contributed by atoms with E-state index in [0.717, 1.165) is 15.2 Å². The minimum absolute atomic E-state index is 0. The van der Waals surface area contributed by atoms with Crippen molar-refractivity contribution in [3.05, 3.63) is 0 Å². The van der Waals surface area contributed by atoms with Crippen LogP contribution >= 0.6 is 17.0 Å². The van der Waals surface area contributed by atoms with Crippen LogP contribution in [0.5, 0.6) is 0 Å². The van der Waals surface area contributed by atoms with E-state index in [4.69, 9.17) is 0 Å². The van der Waals surface area contributed by atoms with E-state index in [1.807, 2.05) is 0 Å². The van der Waals surface area contributed by atoms with Crippen molar-refractivity contribution in [3.63, 3.8) is 0 Å². The van der Waals surface area contributed by atoms with Gasteiger partial charge in [-0.1, -0.05) is 13.8 Å². The molecule has 0 fully saturated rings. The van der Waals surface area contributed by atoms with E-state index in [2.05, 4.69) is 13.8 Å². The van der Waals surface area contributed by atoms with Crippen molar-refractivity contribution in [3.8, 4) is 0 Å². The Morgan fingerprint density at radius 2 is 1.43 bits per heavy atom. The molecule has 0 atom stereocenters. The Bertz CT molecular complexity index is 17.2. The van der Waals surface area contributed by atoms with E-state index in [1.165, 1.54) is 10.6 Å². The summed E-state index contributed by atoms with van der Waals surface area (Å²) >= 11 is 0.815. The van der Waals surface area contributed by atoms with Gasteiger partial charge in [0.15, 0.2) is 32.6 Å². The minimum atomic E-state index is 0. The molecule has 0 bridgehead atoms. The molecule has 0 aromatic rings. The van der Waals surface area contributed by atoms with Crippen LogP contribution < -0.4 is 0 Å². The van der Waals surface area contributed by atoms with Crippen LogP contribution in [-0.4, -0.2) is 32.6 Å². The van der Waals surface area contributed by atoms with Crippen molar-refractivity contribution in [1.82, 2.24) is 0 Å². The van der Waals surface area contributed by atoms with Gasteiger partial charge in [0.1, 0.15) is 0 Å². The fourth-order valence-electron chi connectivity index (χ4n) is 0.289. The zero-order chi connectivity index (χ0) is 4.12. The lowest BCUT2D eigenvalue weighted by Gasteiger charge is -1.74. The molecule has 0 unspecified atom stereocenters. The molecule has 3 heteroatoms. The van der Waals surface area contributed by atoms with Crippen LogP contribution in [0.15, 0.2) is 0 Å². The highest BCUT2D eigenvalue weighted by molar-refractivity contribution is 8.93. The maximum Gasteiger partial charge on any atom is 0.198 e. The molecule has 0 aromatic carbocycles. The molecule has 43 valence electrons. The van der Waals surface area contributed by atoms with Crippen molar-refractivity contribution in [2.75, 3.05) is 0 Å². The van der Waals surface area contributed by atoms with Crippen molar-refractivity contribution in [1.29, 1.82) is 0 Å². The Morgan fingerprint density at radius 1 is 1.14 bits per heavy atom. The van der Waals surface area contributed by atoms with Gasteiger partial charge in [-0.05, 0) is 0 Å². The standard InChI is InChI=1S/2C2H5.2Al.BrH.3H/c2*1-2;;;;;;/h2*1H2,2H3;;;1H;;;. The van der Waals surface area contributed by atoms with Gasteiger partial charge in [-0.15, -0.1) is 27.5 Å². The molecule has 0 saturated heterocycles. The summed E-state index contributed by atoms with van der Waals surface area (Å²) in [6.07, 6.45) is 0. The molecule has 0 rings (SSSR count). The van der Waals surface area contributed by atoms with Crippen LogP contribution in [0.3, 0.4) is 0 Å². The van der Waals surface area contributed by atoms with Crippen molar-refractivity contribution < 1.29 is 0 Å². The van der Waals surface area contributed by atoms with Gasteiger partial charge in [0.2, 0.25) is 0 Å². The van der Waals surface area contributed by atoms with Gasteiger partial charge in [-0.2, -0.15) is 0 Å². The third kappa shape index (κ3) is 18.5. The first-order valence-corrected chi connectivity index (χ1v) is 3.86. The van der Waals surface area contributed by atoms with E-state index in [0.29, 0.717) is 0 Å². The molecular weight excluding hydrogens is 182 g/mol. The van der Waals surface area contributed by atoms with Gasteiger partial charge >= 0.3 is 0 Å². The molecule has 0 aliphatic heterocycles. The fraction of sp³-hybridized carbons (Fsp3) is 1.00. The predicted molar refractivity (Wildman–Crippen MR) is 47.0 cm³/mol. The summed E-state index contributed by atoms with van der Waals surface area (Å²) in [4.78, 5) is 0. The molecule has 0 N–H and O–H groups in total. The van der Waals surface area contributed by atoms with Gasteiger partial charge in [0, 0.05) is 0 Å². The summed E-state index contributed by atoms with van der Waals surface area (Å²) < 4.78 is 0. The lowest BCUT2D eigenvalue weighted by molar-refractivity contribution is 1.36. The second kappa shape index (κ2) is 15.6. The van der Waals surface area contributed by atoms with Crippen molar-refractivity contribution in [2.45, 2.75) is 24.4 Å². The number of hydrogen-bond donors (Lipinski definition) is 0. The zero-order valence-electron chi connectivity index (χ0n) is 4.40. The van der Waals surface area contributed by atoms with Crippen LogP contribution in [0.25, 0.3) is 0 Å². The largest absolute Gasteiger partial charge is 0.198 e. The lowest BCUT2D eigenvalue weighted by atomic mass is 10.9. The first-order valence-electron chi connectivity index (χ1n) is 2.23. The summed E-state index contributed by atoms with van der Waals surface area (Å²) in [7, 11) is 0. The Hall–Kier alpha value is 1.54. The maximum atomic E-state index is 2.25. The van der Waals surface area contributed by atoms with E-state index < -0.39 is 0 Å². The molecule has 0 saturated carbocycles. The quantitative estimate of drug-likeness (QED) is 0.577. The molecule has 0 heterocycles. The SMILES string of the molecule is Br.C[CH2][Al][CH2]C.[AlH3]. The third-order valence-corrected chi connectivity index (χ3v) is 1.73. The molecular formula is C4H14Al2Br. The Labute approximate surface area is 73.7 Å². The maximum absolute atomic E-state index is 2.25. The Balaban J connectivity index is -0.0000000800. The summed E-state index contributed by atoms with van der Waals surface area (Å²) in [6, 6.07) is 0. The first-order chi connectivity index (χ1) is 2.41. The van der Waals surface area contributed by atoms with Crippen molar-refractivity contribution >= 4 is 49.6 Å². The molecule has 0 amide bonds. The van der Waals surface area contributed by atoms with Crippen LogP contribution in [0.2, 0.25) is 10.6 Å². The smallest absolute Gasteiger partial charge is 0.114 e. The van der Waals surface area contributed by atoms with E-state index in [-0.39, 0.29) is 34.3 Å². The summed E-state index contributed by atoms with van der Waals surface area (Å²) in [5.41, 5.74) is 0.